The van der Waals surface area contributed by atoms with Crippen LogP contribution in [0.3, 0.4) is 0 Å². The van der Waals surface area contributed by atoms with Gasteiger partial charge in [-0.2, -0.15) is 0 Å². The zero-order valence-electron chi connectivity index (χ0n) is 39.2. The van der Waals surface area contributed by atoms with Gasteiger partial charge in [-0.05, 0) is 92.4 Å². The van der Waals surface area contributed by atoms with E-state index in [1.54, 1.807) is 37.4 Å². The number of thiocarbonyl (C=S) groups is 1. The number of nitrogens with zero attached hydrogens (tertiary/aromatic N) is 3. The molecule has 10 heteroatoms. The van der Waals surface area contributed by atoms with E-state index in [-0.39, 0.29) is 16.8 Å². The van der Waals surface area contributed by atoms with Gasteiger partial charge in [0, 0.05) is 39.3 Å². The summed E-state index contributed by atoms with van der Waals surface area (Å²) in [4.78, 5) is 45.5. The SMILES string of the molecule is CCCCCCCCCCOc1ccc(-c2ccc(C(=O)Oc3cc(N(C)C)c(O[C@@H](C)CCCCCC)cc3/C=C/C=C3/C(=O)N(C)C(=S)N(CCCCCC)C3=O)cc2)cc1. The van der Waals surface area contributed by atoms with E-state index in [0.29, 0.717) is 35.8 Å². The first-order chi connectivity index (χ1) is 30.5. The summed E-state index contributed by atoms with van der Waals surface area (Å²) >= 11 is 5.51. The number of esters is 1. The maximum absolute atomic E-state index is 13.8. The van der Waals surface area contributed by atoms with E-state index in [1.165, 1.54) is 67.2 Å². The highest BCUT2D eigenvalue weighted by Crippen LogP contribution is 2.37. The van der Waals surface area contributed by atoms with Crippen LogP contribution in [0.2, 0.25) is 0 Å². The lowest BCUT2D eigenvalue weighted by Gasteiger charge is -2.34. The van der Waals surface area contributed by atoms with Crippen molar-refractivity contribution in [2.75, 3.05) is 39.2 Å². The molecule has 1 aliphatic heterocycles. The molecule has 342 valence electrons. The summed E-state index contributed by atoms with van der Waals surface area (Å²) in [6, 6.07) is 19.1. The van der Waals surface area contributed by atoms with Crippen LogP contribution in [0.5, 0.6) is 17.2 Å². The summed E-state index contributed by atoms with van der Waals surface area (Å²) in [6.07, 6.45) is 24.3. The molecule has 9 nitrogen and oxygen atoms in total. The predicted molar refractivity (Wildman–Crippen MR) is 263 cm³/mol. The Morgan fingerprint density at radius 2 is 1.30 bits per heavy atom. The Hall–Kier alpha value is -4.96. The lowest BCUT2D eigenvalue weighted by atomic mass is 10.0. The van der Waals surface area contributed by atoms with Crippen molar-refractivity contribution in [2.24, 2.45) is 0 Å². The molecule has 1 aliphatic rings. The molecule has 3 aromatic carbocycles. The number of ether oxygens (including phenoxy) is 3. The van der Waals surface area contributed by atoms with E-state index in [9.17, 15) is 14.4 Å². The van der Waals surface area contributed by atoms with Crippen LogP contribution >= 0.6 is 12.2 Å². The molecule has 63 heavy (non-hydrogen) atoms. The quantitative estimate of drug-likeness (QED) is 0.0178. The number of unbranched alkanes of at least 4 members (excludes halogenated alkanes) is 13. The minimum absolute atomic E-state index is 0.0135. The summed E-state index contributed by atoms with van der Waals surface area (Å²) in [6.45, 7) is 9.81. The molecular formula is C53H73N3O6S. The van der Waals surface area contributed by atoms with Crippen molar-refractivity contribution in [3.05, 3.63) is 89.5 Å². The van der Waals surface area contributed by atoms with E-state index in [4.69, 9.17) is 26.4 Å². The van der Waals surface area contributed by atoms with Gasteiger partial charge in [-0.3, -0.25) is 19.4 Å². The molecule has 0 aromatic heterocycles. The highest BCUT2D eigenvalue weighted by molar-refractivity contribution is 7.80. The van der Waals surface area contributed by atoms with Crippen LogP contribution in [-0.4, -0.2) is 73.1 Å². The third kappa shape index (κ3) is 16.0. The van der Waals surface area contributed by atoms with Gasteiger partial charge in [0.25, 0.3) is 11.8 Å². The zero-order valence-corrected chi connectivity index (χ0v) is 40.0. The average Bonchev–Trinajstić information content (AvgIpc) is 3.28. The first-order valence-electron chi connectivity index (χ1n) is 23.6. The number of hydrogen-bond acceptors (Lipinski definition) is 8. The number of rotatable bonds is 28. The van der Waals surface area contributed by atoms with Crippen molar-refractivity contribution in [1.29, 1.82) is 0 Å². The summed E-state index contributed by atoms with van der Waals surface area (Å²) < 4.78 is 18.7. The van der Waals surface area contributed by atoms with Gasteiger partial charge in [0.05, 0.1) is 24.0 Å². The van der Waals surface area contributed by atoms with Crippen molar-refractivity contribution in [3.8, 4) is 28.4 Å². The molecule has 0 bridgehead atoms. The fourth-order valence-electron chi connectivity index (χ4n) is 7.55. The van der Waals surface area contributed by atoms with Gasteiger partial charge in [0.15, 0.2) is 5.11 Å². The standard InChI is InChI=1S/C53H73N3O6S/c1-8-11-14-17-18-19-20-23-37-60-45-34-32-42(33-35-45)41-28-30-43(31-29-41)52(59)62-48-39-47(54(5)6)49(61-40(4)25-21-15-12-9-2)38-44(48)26-24-27-46-50(57)55(7)53(63)56(51(46)58)36-22-16-13-10-3/h24,26-35,38-40H,8-23,25,36-37H2,1-7H3/b26-24+,46-27-/t40-/m0/s1. The van der Waals surface area contributed by atoms with Gasteiger partial charge < -0.3 is 19.1 Å². The van der Waals surface area contributed by atoms with Gasteiger partial charge in [-0.1, -0.05) is 141 Å². The van der Waals surface area contributed by atoms with Crippen LogP contribution in [0, 0.1) is 0 Å². The molecule has 1 saturated heterocycles. The summed E-state index contributed by atoms with van der Waals surface area (Å²) in [7, 11) is 5.43. The summed E-state index contributed by atoms with van der Waals surface area (Å²) in [5.74, 6) is 0.403. The molecule has 1 fully saturated rings. The van der Waals surface area contributed by atoms with E-state index in [2.05, 4.69) is 27.7 Å². The first-order valence-corrected chi connectivity index (χ1v) is 24.0. The van der Waals surface area contributed by atoms with Crippen molar-refractivity contribution >= 4 is 46.9 Å². The molecule has 2 amide bonds. The van der Waals surface area contributed by atoms with Crippen LogP contribution in [0.1, 0.15) is 153 Å². The highest BCUT2D eigenvalue weighted by Gasteiger charge is 2.36. The van der Waals surface area contributed by atoms with Gasteiger partial charge in [-0.25, -0.2) is 4.79 Å². The van der Waals surface area contributed by atoms with E-state index in [1.807, 2.05) is 61.5 Å². The minimum Gasteiger partial charge on any atom is -0.494 e. The molecule has 1 heterocycles. The van der Waals surface area contributed by atoms with Gasteiger partial charge in [-0.15, -0.1) is 0 Å². The van der Waals surface area contributed by atoms with Crippen molar-refractivity contribution < 1.29 is 28.6 Å². The second-order valence-corrected chi connectivity index (χ2v) is 17.3. The van der Waals surface area contributed by atoms with E-state index < -0.39 is 17.8 Å². The van der Waals surface area contributed by atoms with Crippen molar-refractivity contribution in [3.63, 3.8) is 0 Å². The zero-order chi connectivity index (χ0) is 45.6. The normalized spacial score (nSPS) is 14.2. The number of likely N-dealkylation sites (N-methyl/N-ethyl adjacent to an activating group) is 1. The molecule has 1 atom stereocenters. The molecule has 3 aromatic rings. The Bertz CT molecular complexity index is 1970. The fraction of sp³-hybridized carbons (Fsp3) is 0.509. The third-order valence-electron chi connectivity index (χ3n) is 11.4. The number of benzene rings is 3. The largest absolute Gasteiger partial charge is 0.494 e. The Kier molecular flexibility index (Phi) is 21.9. The second-order valence-electron chi connectivity index (χ2n) is 16.9. The molecule has 4 rings (SSSR count). The van der Waals surface area contributed by atoms with Crippen molar-refractivity contribution in [2.45, 2.75) is 143 Å². The number of carbonyl (C=O) groups excluding carboxylic acids is 3. The predicted octanol–water partition coefficient (Wildman–Crippen LogP) is 13.0. The number of anilines is 1. The Labute approximate surface area is 383 Å². The molecule has 0 unspecified atom stereocenters. The van der Waals surface area contributed by atoms with Crippen molar-refractivity contribution in [1.82, 2.24) is 9.80 Å². The highest BCUT2D eigenvalue weighted by atomic mass is 32.1. The van der Waals surface area contributed by atoms with Crippen LogP contribution in [0.15, 0.2) is 78.4 Å². The maximum atomic E-state index is 13.8. The maximum Gasteiger partial charge on any atom is 0.343 e. The van der Waals surface area contributed by atoms with E-state index in [0.717, 1.165) is 80.4 Å². The minimum atomic E-state index is -0.520. The monoisotopic (exact) mass is 880 g/mol. The smallest absolute Gasteiger partial charge is 0.343 e. The van der Waals surface area contributed by atoms with Gasteiger partial charge in [0.2, 0.25) is 0 Å². The Morgan fingerprint density at radius 3 is 1.92 bits per heavy atom. The molecule has 0 N–H and O–H groups in total. The summed E-state index contributed by atoms with van der Waals surface area (Å²) in [5.41, 5.74) is 3.70. The second kappa shape index (κ2) is 27.3. The van der Waals surface area contributed by atoms with Crippen LogP contribution < -0.4 is 19.1 Å². The lowest BCUT2D eigenvalue weighted by Crippen LogP contribution is -2.54. The molecule has 0 aliphatic carbocycles. The number of carbonyl (C=O) groups is 3. The van der Waals surface area contributed by atoms with Gasteiger partial charge >= 0.3 is 5.97 Å². The molecular weight excluding hydrogens is 807 g/mol. The Balaban J connectivity index is 1.53. The number of amides is 2. The Morgan fingerprint density at radius 1 is 0.730 bits per heavy atom. The lowest BCUT2D eigenvalue weighted by molar-refractivity contribution is -0.133. The first kappa shape index (κ1) is 50.7. The molecule has 0 radical (unpaired) electrons. The fourth-order valence-corrected chi connectivity index (χ4v) is 7.80. The van der Waals surface area contributed by atoms with Crippen LogP contribution in [-0.2, 0) is 9.59 Å². The van der Waals surface area contributed by atoms with Crippen LogP contribution in [0.25, 0.3) is 17.2 Å². The molecule has 0 saturated carbocycles. The summed E-state index contributed by atoms with van der Waals surface area (Å²) in [5, 5.41) is 0.210. The van der Waals surface area contributed by atoms with Crippen LogP contribution in [0.4, 0.5) is 5.69 Å². The number of hydrogen-bond donors (Lipinski definition) is 0. The van der Waals surface area contributed by atoms with Gasteiger partial charge in [0.1, 0.15) is 22.8 Å². The molecule has 0 spiro atoms. The average molecular weight is 880 g/mol. The van der Waals surface area contributed by atoms with E-state index >= 15 is 0 Å². The third-order valence-corrected chi connectivity index (χ3v) is 11.9. The topological polar surface area (TPSA) is 88.6 Å². The number of allylic oxidation sites excluding steroid dienone is 2.